The third-order valence-electron chi connectivity index (χ3n) is 2.63. The molecule has 1 aliphatic heterocycles. The Bertz CT molecular complexity index is 706. The van der Waals surface area contributed by atoms with Crippen LogP contribution in [0.2, 0.25) is 0 Å². The van der Waals surface area contributed by atoms with Crippen LogP contribution < -0.4 is 9.47 Å². The van der Waals surface area contributed by atoms with Crippen LogP contribution in [0.5, 0.6) is 11.5 Å². The van der Waals surface area contributed by atoms with E-state index in [0.717, 1.165) is 0 Å². The average molecular weight is 412 g/mol. The average Bonchev–Trinajstić information content (AvgIpc) is 2.41. The quantitative estimate of drug-likeness (QED) is 0.748. The van der Waals surface area contributed by atoms with E-state index in [2.05, 4.69) is 31.9 Å². The van der Waals surface area contributed by atoms with E-state index in [1.807, 2.05) is 0 Å². The summed E-state index contributed by atoms with van der Waals surface area (Å²) < 4.78 is 34.6. The molecule has 0 aliphatic carbocycles. The van der Waals surface area contributed by atoms with Crippen molar-refractivity contribution in [3.63, 3.8) is 0 Å². The Morgan fingerprint density at radius 1 is 1.05 bits per heavy atom. The molecule has 5 nitrogen and oxygen atoms in total. The van der Waals surface area contributed by atoms with Crippen molar-refractivity contribution in [1.82, 2.24) is 0 Å². The molecule has 0 amide bonds. The molecule has 0 aromatic heterocycles. The number of Topliss-reactive ketones (excluding diaryl/α,β-unsaturated/α-hetero) is 1. The lowest BCUT2D eigenvalue weighted by molar-refractivity contribution is 0.103. The van der Waals surface area contributed by atoms with Gasteiger partial charge in [-0.2, -0.15) is 0 Å². The van der Waals surface area contributed by atoms with Gasteiger partial charge in [-0.3, -0.25) is 4.79 Å². The van der Waals surface area contributed by atoms with E-state index in [4.69, 9.17) is 9.47 Å². The molecule has 1 heterocycles. The molecule has 0 atom stereocenters. The number of ketones is 1. The summed E-state index contributed by atoms with van der Waals surface area (Å²) in [6.07, 6.45) is 0. The first-order chi connectivity index (χ1) is 8.86. The third-order valence-corrected chi connectivity index (χ3v) is 7.47. The minimum atomic E-state index is -3.85. The van der Waals surface area contributed by atoms with Gasteiger partial charge < -0.3 is 9.47 Å². The number of halogens is 2. The van der Waals surface area contributed by atoms with Crippen molar-refractivity contribution in [3.8, 4) is 11.5 Å². The fourth-order valence-corrected chi connectivity index (χ4v) is 4.65. The molecule has 1 aliphatic rings. The number of ether oxygens (including phenoxy) is 2. The molecule has 0 spiro atoms. The number of carbonyl (C=O) groups excluding carboxylic acids is 1. The van der Waals surface area contributed by atoms with Crippen LogP contribution in [0.15, 0.2) is 25.3 Å². The Balaban J connectivity index is 2.97. The van der Waals surface area contributed by atoms with Crippen molar-refractivity contribution in [2.45, 2.75) is 4.90 Å². The van der Waals surface area contributed by atoms with Gasteiger partial charge in [-0.05, 0) is 44.0 Å². The first kappa shape index (κ1) is 14.5. The minimum Gasteiger partial charge on any atom is -0.496 e. The number of hydrogen-bond acceptors (Lipinski definition) is 5. The second kappa shape index (κ2) is 4.92. The van der Waals surface area contributed by atoms with E-state index in [1.165, 1.54) is 26.4 Å². The van der Waals surface area contributed by atoms with Gasteiger partial charge in [0.1, 0.15) is 20.2 Å². The van der Waals surface area contributed by atoms with Gasteiger partial charge in [-0.1, -0.05) is 0 Å². The van der Waals surface area contributed by atoms with Crippen LogP contribution in [0.3, 0.4) is 0 Å². The smallest absolute Gasteiger partial charge is 0.218 e. The topological polar surface area (TPSA) is 69.7 Å². The molecule has 1 aromatic rings. The molecule has 0 N–H and O–H groups in total. The van der Waals surface area contributed by atoms with Crippen LogP contribution in [0, 0.1) is 0 Å². The first-order valence-electron chi connectivity index (χ1n) is 4.96. The molecule has 2 rings (SSSR count). The van der Waals surface area contributed by atoms with Gasteiger partial charge >= 0.3 is 0 Å². The number of fused-ring (bicyclic) bond motifs is 1. The highest BCUT2D eigenvalue weighted by Crippen LogP contribution is 2.45. The second-order valence-electron chi connectivity index (χ2n) is 3.59. The maximum Gasteiger partial charge on any atom is 0.218 e. The lowest BCUT2D eigenvalue weighted by Gasteiger charge is -2.20. The highest BCUT2D eigenvalue weighted by Gasteiger charge is 2.40. The maximum absolute atomic E-state index is 12.4. The van der Waals surface area contributed by atoms with Crippen molar-refractivity contribution >= 4 is 47.5 Å². The van der Waals surface area contributed by atoms with Gasteiger partial charge in [-0.25, -0.2) is 8.42 Å². The summed E-state index contributed by atoms with van der Waals surface area (Å²) in [6.45, 7) is 0. The highest BCUT2D eigenvalue weighted by atomic mass is 79.9. The van der Waals surface area contributed by atoms with Crippen molar-refractivity contribution in [1.29, 1.82) is 0 Å². The summed E-state index contributed by atoms with van der Waals surface area (Å²) in [7, 11) is -1.15. The zero-order valence-electron chi connectivity index (χ0n) is 9.86. The number of allylic oxidation sites excluding steroid dienone is 1. The van der Waals surface area contributed by atoms with Gasteiger partial charge in [0.05, 0.1) is 24.3 Å². The van der Waals surface area contributed by atoms with E-state index in [0.29, 0.717) is 0 Å². The highest BCUT2D eigenvalue weighted by molar-refractivity contribution is 9.15. The molecule has 0 unspecified atom stereocenters. The first-order valence-corrected chi connectivity index (χ1v) is 8.03. The maximum atomic E-state index is 12.4. The number of rotatable bonds is 2. The fraction of sp³-hybridized carbons (Fsp3) is 0.182. The van der Waals surface area contributed by atoms with Crippen molar-refractivity contribution in [3.05, 3.63) is 26.0 Å². The van der Waals surface area contributed by atoms with Crippen LogP contribution in [-0.4, -0.2) is 28.4 Å². The molecular weight excluding hydrogens is 404 g/mol. The number of benzene rings is 1. The molecule has 0 radical (unpaired) electrons. The number of carbonyl (C=O) groups is 1. The Hall–Kier alpha value is -0.860. The summed E-state index contributed by atoms with van der Waals surface area (Å²) in [5.41, 5.74) is -0.0306. The third kappa shape index (κ3) is 2.02. The van der Waals surface area contributed by atoms with Gasteiger partial charge in [0.25, 0.3) is 0 Å². The summed E-state index contributed by atoms with van der Waals surface area (Å²) in [5.74, 6) is -0.199. The molecule has 1 aromatic carbocycles. The lowest BCUT2D eigenvalue weighted by Crippen LogP contribution is -2.19. The largest absolute Gasteiger partial charge is 0.496 e. The standard InChI is InChI=1S/C11H8Br2O5S/c1-17-5-3-4-6(18-2)10-7(5)9(14)8(12)11(13)19(10,15)16/h3-4H,1-2H3. The van der Waals surface area contributed by atoms with Crippen LogP contribution in [0.25, 0.3) is 0 Å². The van der Waals surface area contributed by atoms with Gasteiger partial charge in [0.2, 0.25) is 15.6 Å². The van der Waals surface area contributed by atoms with Crippen molar-refractivity contribution < 1.29 is 22.7 Å². The second-order valence-corrected chi connectivity index (χ2v) is 7.53. The number of hydrogen-bond donors (Lipinski definition) is 0. The normalized spacial score (nSPS) is 17.2. The van der Waals surface area contributed by atoms with Crippen LogP contribution >= 0.6 is 31.9 Å². The van der Waals surface area contributed by atoms with Gasteiger partial charge in [0, 0.05) is 0 Å². The number of methoxy groups -OCH3 is 2. The predicted octanol–water partition coefficient (Wildman–Crippen LogP) is 2.63. The van der Waals surface area contributed by atoms with Crippen LogP contribution in [0.4, 0.5) is 0 Å². The zero-order chi connectivity index (χ0) is 14.4. The fourth-order valence-electron chi connectivity index (χ4n) is 1.76. The van der Waals surface area contributed by atoms with Crippen LogP contribution in [0.1, 0.15) is 10.4 Å². The van der Waals surface area contributed by atoms with Crippen molar-refractivity contribution in [2.24, 2.45) is 0 Å². The molecule has 8 heteroatoms. The number of sulfone groups is 1. The summed E-state index contributed by atoms with van der Waals surface area (Å²) in [6, 6.07) is 2.94. The van der Waals surface area contributed by atoms with E-state index in [9.17, 15) is 13.2 Å². The molecule has 19 heavy (non-hydrogen) atoms. The van der Waals surface area contributed by atoms with E-state index >= 15 is 0 Å². The van der Waals surface area contributed by atoms with Crippen molar-refractivity contribution in [2.75, 3.05) is 14.2 Å². The summed E-state index contributed by atoms with van der Waals surface area (Å²) in [4.78, 5) is 12.0. The molecule has 0 saturated heterocycles. The van der Waals surface area contributed by atoms with Crippen LogP contribution in [-0.2, 0) is 9.84 Å². The Labute approximate surface area is 126 Å². The molecule has 0 bridgehead atoms. The molecule has 0 fully saturated rings. The zero-order valence-corrected chi connectivity index (χ0v) is 13.8. The molecular formula is C11H8Br2O5S. The molecule has 0 saturated carbocycles. The predicted molar refractivity (Wildman–Crippen MR) is 75.9 cm³/mol. The summed E-state index contributed by atoms with van der Waals surface area (Å²) in [5, 5.41) is 0. The Kier molecular flexibility index (Phi) is 3.76. The van der Waals surface area contributed by atoms with E-state index in [-0.39, 0.29) is 30.3 Å². The van der Waals surface area contributed by atoms with E-state index < -0.39 is 15.6 Å². The monoisotopic (exact) mass is 410 g/mol. The van der Waals surface area contributed by atoms with E-state index in [1.54, 1.807) is 0 Å². The van der Waals surface area contributed by atoms with Gasteiger partial charge in [0.15, 0.2) is 0 Å². The molecule has 102 valence electrons. The Morgan fingerprint density at radius 2 is 1.58 bits per heavy atom. The van der Waals surface area contributed by atoms with Gasteiger partial charge in [-0.15, -0.1) is 0 Å². The minimum absolute atomic E-state index is 0.0306. The Morgan fingerprint density at radius 3 is 2.11 bits per heavy atom. The SMILES string of the molecule is COc1ccc(OC)c2c1C(=O)C(Br)=C(Br)S2(=O)=O. The lowest BCUT2D eigenvalue weighted by atomic mass is 10.1. The summed E-state index contributed by atoms with van der Waals surface area (Å²) >= 11 is 5.90.